The Labute approximate surface area is 203 Å². The lowest BCUT2D eigenvalue weighted by Crippen LogP contribution is -2.23. The van der Waals surface area contributed by atoms with Crippen LogP contribution in [0, 0.1) is 0 Å². The van der Waals surface area contributed by atoms with Gasteiger partial charge < -0.3 is 19.4 Å². The maximum Gasteiger partial charge on any atom is 0.265 e. The van der Waals surface area contributed by atoms with E-state index >= 15 is 0 Å². The quantitative estimate of drug-likeness (QED) is 0.356. The summed E-state index contributed by atoms with van der Waals surface area (Å²) in [7, 11) is -2.63. The summed E-state index contributed by atoms with van der Waals surface area (Å²) in [5.41, 5.74) is 2.29. The van der Waals surface area contributed by atoms with Gasteiger partial charge in [-0.2, -0.15) is 0 Å². The number of methoxy groups -OCH3 is 1. The van der Waals surface area contributed by atoms with Crippen LogP contribution < -0.4 is 19.5 Å². The summed E-state index contributed by atoms with van der Waals surface area (Å²) in [5.74, 6) is 0.466. The molecule has 3 aromatic carbocycles. The molecule has 9 nitrogen and oxygen atoms in total. The maximum absolute atomic E-state index is 13.1. The Hall–Kier alpha value is -4.05. The normalized spacial score (nSPS) is 12.2. The Balaban J connectivity index is 1.56. The van der Waals surface area contributed by atoms with E-state index in [9.17, 15) is 13.2 Å². The molecule has 0 fully saturated rings. The second-order valence-corrected chi connectivity index (χ2v) is 9.39. The van der Waals surface area contributed by atoms with Crippen molar-refractivity contribution in [1.29, 1.82) is 0 Å². The number of nitrogens with zero attached hydrogens (tertiary/aromatic N) is 2. The van der Waals surface area contributed by atoms with Crippen LogP contribution in [0.4, 0.5) is 11.4 Å². The molecule has 0 saturated carbocycles. The Morgan fingerprint density at radius 3 is 2.49 bits per heavy atom. The number of hydrogen-bond donors (Lipinski definition) is 2. The average molecular weight is 495 g/mol. The van der Waals surface area contributed by atoms with E-state index in [0.29, 0.717) is 23.7 Å². The van der Waals surface area contributed by atoms with Crippen LogP contribution in [0.25, 0.3) is 11.0 Å². The zero-order valence-electron chi connectivity index (χ0n) is 19.6. The standard InChI is InChI=1S/C25H26N4O5S/c1-4-34-20-12-9-18(10-13-20)28-35(31,32)24-15-19(11-14-23(24)33-3)27-25(30)17(2)29-16-26-21-7-5-6-8-22(21)29/h5-17,28H,4H2,1-3H3,(H,27,30). The molecule has 0 aliphatic carbocycles. The molecule has 0 spiro atoms. The van der Waals surface area contributed by atoms with Gasteiger partial charge in [0, 0.05) is 11.4 Å². The van der Waals surface area contributed by atoms with Crippen LogP contribution in [0.2, 0.25) is 0 Å². The summed E-state index contributed by atoms with van der Waals surface area (Å²) in [5, 5.41) is 2.79. The van der Waals surface area contributed by atoms with Gasteiger partial charge in [-0.15, -0.1) is 0 Å². The van der Waals surface area contributed by atoms with E-state index in [1.165, 1.54) is 19.2 Å². The Morgan fingerprint density at radius 2 is 1.77 bits per heavy atom. The number of para-hydroxylation sites is 2. The molecule has 0 aliphatic heterocycles. The molecule has 1 unspecified atom stereocenters. The Kier molecular flexibility index (Phi) is 6.92. The van der Waals surface area contributed by atoms with E-state index in [-0.39, 0.29) is 16.6 Å². The number of carbonyl (C=O) groups is 1. The van der Waals surface area contributed by atoms with Crippen molar-refractivity contribution in [2.24, 2.45) is 0 Å². The number of ether oxygens (including phenoxy) is 2. The van der Waals surface area contributed by atoms with Crippen LogP contribution in [0.3, 0.4) is 0 Å². The minimum atomic E-state index is -4.01. The van der Waals surface area contributed by atoms with Gasteiger partial charge in [0.05, 0.1) is 31.1 Å². The summed E-state index contributed by atoms with van der Waals surface area (Å²) in [6.07, 6.45) is 1.61. The van der Waals surface area contributed by atoms with Crippen molar-refractivity contribution in [1.82, 2.24) is 9.55 Å². The summed E-state index contributed by atoms with van der Waals surface area (Å²) in [4.78, 5) is 17.2. The van der Waals surface area contributed by atoms with Gasteiger partial charge in [-0.05, 0) is 68.4 Å². The van der Waals surface area contributed by atoms with E-state index in [1.807, 2.05) is 31.2 Å². The van der Waals surface area contributed by atoms with E-state index < -0.39 is 16.1 Å². The predicted octanol–water partition coefficient (Wildman–Crippen LogP) is 4.44. The number of nitrogens with one attached hydrogen (secondary N) is 2. The lowest BCUT2D eigenvalue weighted by Gasteiger charge is -2.17. The van der Waals surface area contributed by atoms with Crippen LogP contribution in [0.15, 0.2) is 78.0 Å². The zero-order valence-corrected chi connectivity index (χ0v) is 20.4. The largest absolute Gasteiger partial charge is 0.495 e. The van der Waals surface area contributed by atoms with Gasteiger partial charge in [-0.25, -0.2) is 13.4 Å². The van der Waals surface area contributed by atoms with Crippen molar-refractivity contribution in [3.63, 3.8) is 0 Å². The highest BCUT2D eigenvalue weighted by atomic mass is 32.2. The number of rotatable bonds is 9. The van der Waals surface area contributed by atoms with E-state index in [0.717, 1.165) is 11.0 Å². The van der Waals surface area contributed by atoms with Crippen molar-refractivity contribution in [2.75, 3.05) is 23.8 Å². The van der Waals surface area contributed by atoms with E-state index in [1.54, 1.807) is 48.1 Å². The molecule has 1 amide bonds. The first-order valence-electron chi connectivity index (χ1n) is 11.0. The second-order valence-electron chi connectivity index (χ2n) is 7.73. The van der Waals surface area contributed by atoms with Gasteiger partial charge in [-0.1, -0.05) is 12.1 Å². The summed E-state index contributed by atoms with van der Waals surface area (Å²) < 4.78 is 41.3. The Bertz CT molecular complexity index is 1450. The van der Waals surface area contributed by atoms with Crippen molar-refractivity contribution < 1.29 is 22.7 Å². The fraction of sp³-hybridized carbons (Fsp3) is 0.200. The molecule has 1 aromatic heterocycles. The molecule has 0 radical (unpaired) electrons. The minimum Gasteiger partial charge on any atom is -0.495 e. The first-order valence-corrected chi connectivity index (χ1v) is 12.5. The molecule has 1 atom stereocenters. The third-order valence-corrected chi connectivity index (χ3v) is 6.82. The van der Waals surface area contributed by atoms with Crippen LogP contribution in [0.5, 0.6) is 11.5 Å². The van der Waals surface area contributed by atoms with Crippen LogP contribution >= 0.6 is 0 Å². The number of carbonyl (C=O) groups excluding carboxylic acids is 1. The smallest absolute Gasteiger partial charge is 0.265 e. The van der Waals surface area contributed by atoms with Crippen LogP contribution in [0.1, 0.15) is 19.9 Å². The first-order chi connectivity index (χ1) is 16.8. The van der Waals surface area contributed by atoms with Gasteiger partial charge >= 0.3 is 0 Å². The van der Waals surface area contributed by atoms with Gasteiger partial charge in [-0.3, -0.25) is 9.52 Å². The number of aromatic nitrogens is 2. The maximum atomic E-state index is 13.1. The molecule has 4 rings (SSSR count). The van der Waals surface area contributed by atoms with Crippen molar-refractivity contribution in [3.8, 4) is 11.5 Å². The zero-order chi connectivity index (χ0) is 25.0. The average Bonchev–Trinajstić information content (AvgIpc) is 3.29. The highest BCUT2D eigenvalue weighted by Crippen LogP contribution is 2.30. The monoisotopic (exact) mass is 494 g/mol. The first kappa shape index (κ1) is 24.1. The van der Waals surface area contributed by atoms with Gasteiger partial charge in [0.15, 0.2) is 0 Å². The number of amides is 1. The van der Waals surface area contributed by atoms with Gasteiger partial charge in [0.2, 0.25) is 5.91 Å². The number of hydrogen-bond acceptors (Lipinski definition) is 6. The molecule has 182 valence electrons. The number of benzene rings is 3. The summed E-state index contributed by atoms with van der Waals surface area (Å²) >= 11 is 0. The number of imidazole rings is 1. The molecule has 0 aliphatic rings. The van der Waals surface area contributed by atoms with Crippen molar-refractivity contribution in [3.05, 3.63) is 73.1 Å². The molecular weight excluding hydrogens is 468 g/mol. The fourth-order valence-electron chi connectivity index (χ4n) is 3.62. The molecule has 35 heavy (non-hydrogen) atoms. The molecule has 1 heterocycles. The second kappa shape index (κ2) is 10.1. The Morgan fingerprint density at radius 1 is 1.06 bits per heavy atom. The van der Waals surface area contributed by atoms with Gasteiger partial charge in [0.25, 0.3) is 10.0 Å². The third-order valence-electron chi connectivity index (χ3n) is 5.42. The van der Waals surface area contributed by atoms with Crippen molar-refractivity contribution >= 4 is 38.3 Å². The number of sulfonamides is 1. The summed E-state index contributed by atoms with van der Waals surface area (Å²) in [6, 6.07) is 18.0. The van der Waals surface area contributed by atoms with E-state index in [4.69, 9.17) is 9.47 Å². The van der Waals surface area contributed by atoms with Crippen LogP contribution in [-0.4, -0.2) is 37.6 Å². The number of fused-ring (bicyclic) bond motifs is 1. The molecular formula is C25H26N4O5S. The lowest BCUT2D eigenvalue weighted by atomic mass is 10.2. The van der Waals surface area contributed by atoms with Gasteiger partial charge in [0.1, 0.15) is 22.4 Å². The minimum absolute atomic E-state index is 0.104. The molecule has 0 saturated heterocycles. The number of anilines is 2. The van der Waals surface area contributed by atoms with E-state index in [2.05, 4.69) is 15.0 Å². The lowest BCUT2D eigenvalue weighted by molar-refractivity contribution is -0.118. The highest BCUT2D eigenvalue weighted by molar-refractivity contribution is 7.92. The fourth-order valence-corrected chi connectivity index (χ4v) is 4.88. The third kappa shape index (κ3) is 5.22. The molecule has 2 N–H and O–H groups in total. The molecule has 0 bridgehead atoms. The molecule has 10 heteroatoms. The van der Waals surface area contributed by atoms with Crippen molar-refractivity contribution in [2.45, 2.75) is 24.8 Å². The molecule has 4 aromatic rings. The SMILES string of the molecule is CCOc1ccc(NS(=O)(=O)c2cc(NC(=O)C(C)n3cnc4ccccc43)ccc2OC)cc1. The van der Waals surface area contributed by atoms with Crippen LogP contribution in [-0.2, 0) is 14.8 Å². The highest BCUT2D eigenvalue weighted by Gasteiger charge is 2.23. The summed E-state index contributed by atoms with van der Waals surface area (Å²) in [6.45, 7) is 4.13. The topological polar surface area (TPSA) is 112 Å². The predicted molar refractivity (Wildman–Crippen MR) is 134 cm³/mol.